The van der Waals surface area contributed by atoms with Crippen molar-refractivity contribution in [3.05, 3.63) is 30.3 Å². The summed E-state index contributed by atoms with van der Waals surface area (Å²) in [7, 11) is 0. The lowest BCUT2D eigenvalue weighted by molar-refractivity contribution is 0.134. The normalized spacial score (nSPS) is 30.9. The summed E-state index contributed by atoms with van der Waals surface area (Å²) in [6.45, 7) is 3.23. The summed E-state index contributed by atoms with van der Waals surface area (Å²) in [5.41, 5.74) is 0. The van der Waals surface area contributed by atoms with Crippen LogP contribution in [0.2, 0.25) is 0 Å². The van der Waals surface area contributed by atoms with E-state index in [1.807, 2.05) is 6.07 Å². The van der Waals surface area contributed by atoms with Crippen LogP contribution >= 0.6 is 0 Å². The Balaban J connectivity index is 1.31. The molecule has 2 saturated carbocycles. The van der Waals surface area contributed by atoms with Crippen molar-refractivity contribution in [2.24, 2.45) is 23.7 Å². The van der Waals surface area contributed by atoms with Crippen LogP contribution in [0.25, 0.3) is 0 Å². The maximum Gasteiger partial charge on any atom is 0.119 e. The molecule has 0 bridgehead atoms. The highest BCUT2D eigenvalue weighted by Crippen LogP contribution is 2.42. The fourth-order valence-corrected chi connectivity index (χ4v) is 5.17. The Morgan fingerprint density at radius 3 is 1.83 bits per heavy atom. The molecule has 0 aromatic heterocycles. The number of benzene rings is 1. The SMILES string of the molecule is CCCC1CCC(C2CCC(CCOc3ccccc3)CC2)CC1. The second kappa shape index (κ2) is 9.49. The van der Waals surface area contributed by atoms with Crippen molar-refractivity contribution < 1.29 is 4.74 Å². The number of hydrogen-bond donors (Lipinski definition) is 0. The summed E-state index contributed by atoms with van der Waals surface area (Å²) in [5, 5.41) is 0. The topological polar surface area (TPSA) is 9.23 Å². The van der Waals surface area contributed by atoms with Crippen molar-refractivity contribution in [1.82, 2.24) is 0 Å². The van der Waals surface area contributed by atoms with E-state index in [2.05, 4.69) is 31.2 Å². The first-order valence-corrected chi connectivity index (χ1v) is 10.5. The second-order valence-corrected chi connectivity index (χ2v) is 8.30. The van der Waals surface area contributed by atoms with E-state index >= 15 is 0 Å². The van der Waals surface area contributed by atoms with Crippen LogP contribution in [0.5, 0.6) is 5.75 Å². The Morgan fingerprint density at radius 2 is 1.29 bits per heavy atom. The minimum Gasteiger partial charge on any atom is -0.494 e. The Hall–Kier alpha value is -0.980. The van der Waals surface area contributed by atoms with E-state index in [0.29, 0.717) is 0 Å². The zero-order chi connectivity index (χ0) is 16.6. The molecule has 0 atom stereocenters. The molecule has 2 fully saturated rings. The zero-order valence-electron chi connectivity index (χ0n) is 15.6. The van der Waals surface area contributed by atoms with E-state index in [-0.39, 0.29) is 0 Å². The van der Waals surface area contributed by atoms with Crippen LogP contribution in [0.4, 0.5) is 0 Å². The van der Waals surface area contributed by atoms with Crippen LogP contribution < -0.4 is 4.74 Å². The van der Waals surface area contributed by atoms with E-state index in [4.69, 9.17) is 4.74 Å². The molecule has 0 spiro atoms. The maximum atomic E-state index is 5.89. The van der Waals surface area contributed by atoms with Crippen LogP contribution in [0.1, 0.15) is 77.6 Å². The van der Waals surface area contributed by atoms with Crippen LogP contribution in [-0.4, -0.2) is 6.61 Å². The smallest absolute Gasteiger partial charge is 0.119 e. The monoisotopic (exact) mass is 328 g/mol. The van der Waals surface area contributed by atoms with Gasteiger partial charge in [0.15, 0.2) is 0 Å². The van der Waals surface area contributed by atoms with Gasteiger partial charge < -0.3 is 4.74 Å². The van der Waals surface area contributed by atoms with Crippen LogP contribution in [0.15, 0.2) is 30.3 Å². The van der Waals surface area contributed by atoms with Gasteiger partial charge in [-0.1, -0.05) is 63.6 Å². The Bertz CT molecular complexity index is 438. The third kappa shape index (κ3) is 5.26. The van der Waals surface area contributed by atoms with Gasteiger partial charge in [0.2, 0.25) is 0 Å². The molecule has 1 heteroatoms. The summed E-state index contributed by atoms with van der Waals surface area (Å²) in [6, 6.07) is 10.3. The summed E-state index contributed by atoms with van der Waals surface area (Å²) >= 11 is 0. The highest BCUT2D eigenvalue weighted by atomic mass is 16.5. The summed E-state index contributed by atoms with van der Waals surface area (Å²) in [5.74, 6) is 5.08. The fourth-order valence-electron chi connectivity index (χ4n) is 5.17. The molecule has 1 aromatic rings. The van der Waals surface area contributed by atoms with Crippen LogP contribution in [-0.2, 0) is 0 Å². The van der Waals surface area contributed by atoms with Gasteiger partial charge >= 0.3 is 0 Å². The molecule has 0 heterocycles. The molecule has 2 aliphatic rings. The summed E-state index contributed by atoms with van der Waals surface area (Å²) < 4.78 is 5.89. The van der Waals surface area contributed by atoms with Crippen molar-refractivity contribution in [2.75, 3.05) is 6.61 Å². The van der Waals surface area contributed by atoms with Gasteiger partial charge in [-0.25, -0.2) is 0 Å². The first kappa shape index (κ1) is 17.8. The number of para-hydroxylation sites is 1. The number of ether oxygens (including phenoxy) is 1. The standard InChI is InChI=1S/C23H36O/c1-2-6-19-9-13-21(14-10-19)22-15-11-20(12-16-22)17-18-24-23-7-4-3-5-8-23/h3-5,7-8,19-22H,2,6,9-18H2,1H3. The molecular formula is C23H36O. The quantitative estimate of drug-likeness (QED) is 0.530. The van der Waals surface area contributed by atoms with Gasteiger partial charge in [0.05, 0.1) is 6.61 Å². The molecule has 0 N–H and O–H groups in total. The van der Waals surface area contributed by atoms with Gasteiger partial charge in [-0.2, -0.15) is 0 Å². The lowest BCUT2D eigenvalue weighted by Gasteiger charge is -2.38. The van der Waals surface area contributed by atoms with Gasteiger partial charge in [-0.3, -0.25) is 0 Å². The maximum absolute atomic E-state index is 5.89. The van der Waals surface area contributed by atoms with Crippen molar-refractivity contribution in [1.29, 1.82) is 0 Å². The molecule has 0 aliphatic heterocycles. The van der Waals surface area contributed by atoms with E-state index in [1.54, 1.807) is 0 Å². The molecule has 24 heavy (non-hydrogen) atoms. The summed E-state index contributed by atoms with van der Waals surface area (Å²) in [4.78, 5) is 0. The van der Waals surface area contributed by atoms with Crippen molar-refractivity contribution in [3.8, 4) is 5.75 Å². The molecule has 134 valence electrons. The van der Waals surface area contributed by atoms with E-state index < -0.39 is 0 Å². The Morgan fingerprint density at radius 1 is 0.750 bits per heavy atom. The molecule has 0 unspecified atom stereocenters. The average molecular weight is 329 g/mol. The lowest BCUT2D eigenvalue weighted by Crippen LogP contribution is -2.26. The van der Waals surface area contributed by atoms with Gasteiger partial charge in [-0.15, -0.1) is 0 Å². The minimum atomic E-state index is 0.890. The predicted octanol–water partition coefficient (Wildman–Crippen LogP) is 6.87. The fraction of sp³-hybridized carbons (Fsp3) is 0.739. The third-order valence-electron chi connectivity index (χ3n) is 6.68. The molecule has 1 nitrogen and oxygen atoms in total. The third-order valence-corrected chi connectivity index (χ3v) is 6.68. The largest absolute Gasteiger partial charge is 0.494 e. The molecule has 1 aromatic carbocycles. The van der Waals surface area contributed by atoms with E-state index in [1.165, 1.54) is 70.6 Å². The average Bonchev–Trinajstić information content (AvgIpc) is 2.64. The van der Waals surface area contributed by atoms with Gasteiger partial charge in [0, 0.05) is 0 Å². The summed E-state index contributed by atoms with van der Waals surface area (Å²) in [6.07, 6.45) is 16.0. The van der Waals surface area contributed by atoms with Gasteiger partial charge in [0.1, 0.15) is 5.75 Å². The lowest BCUT2D eigenvalue weighted by atomic mass is 9.68. The van der Waals surface area contributed by atoms with Crippen molar-refractivity contribution in [2.45, 2.75) is 77.6 Å². The highest BCUT2D eigenvalue weighted by Gasteiger charge is 2.30. The van der Waals surface area contributed by atoms with E-state index in [0.717, 1.165) is 36.0 Å². The Labute approximate surface area is 149 Å². The molecule has 2 aliphatic carbocycles. The van der Waals surface area contributed by atoms with Crippen molar-refractivity contribution in [3.63, 3.8) is 0 Å². The van der Waals surface area contributed by atoms with Crippen LogP contribution in [0, 0.1) is 23.7 Å². The molecular weight excluding hydrogens is 292 g/mol. The van der Waals surface area contributed by atoms with Gasteiger partial charge in [0.25, 0.3) is 0 Å². The minimum absolute atomic E-state index is 0.890. The first-order valence-electron chi connectivity index (χ1n) is 10.5. The predicted molar refractivity (Wildman–Crippen MR) is 102 cm³/mol. The van der Waals surface area contributed by atoms with Crippen molar-refractivity contribution >= 4 is 0 Å². The van der Waals surface area contributed by atoms with E-state index in [9.17, 15) is 0 Å². The molecule has 3 rings (SSSR count). The Kier molecular flexibility index (Phi) is 7.05. The molecule has 0 amide bonds. The highest BCUT2D eigenvalue weighted by molar-refractivity contribution is 5.20. The van der Waals surface area contributed by atoms with Crippen LogP contribution in [0.3, 0.4) is 0 Å². The second-order valence-electron chi connectivity index (χ2n) is 8.30. The van der Waals surface area contributed by atoms with Gasteiger partial charge in [-0.05, 0) is 67.9 Å². The number of rotatable bonds is 7. The number of hydrogen-bond acceptors (Lipinski definition) is 1. The molecule has 0 radical (unpaired) electrons. The molecule has 0 saturated heterocycles. The first-order chi connectivity index (χ1) is 11.8. The zero-order valence-corrected chi connectivity index (χ0v) is 15.6.